The molecule has 0 saturated carbocycles. The molecule has 0 fully saturated rings. The summed E-state index contributed by atoms with van der Waals surface area (Å²) in [5, 5.41) is 2.96. The first-order valence-corrected chi connectivity index (χ1v) is 6.78. The first-order valence-electron chi connectivity index (χ1n) is 6.78. The maximum absolute atomic E-state index is 12.2. The number of nitrogens with one attached hydrogen (secondary N) is 1. The van der Waals surface area contributed by atoms with Crippen molar-refractivity contribution in [3.63, 3.8) is 0 Å². The van der Waals surface area contributed by atoms with Gasteiger partial charge in [-0.1, -0.05) is 24.3 Å². The van der Waals surface area contributed by atoms with E-state index in [2.05, 4.69) is 5.32 Å². The van der Waals surface area contributed by atoms with Crippen LogP contribution in [0.15, 0.2) is 42.5 Å². The molecule has 0 aliphatic rings. The highest BCUT2D eigenvalue weighted by Crippen LogP contribution is 2.19. The molecule has 2 aromatic rings. The zero-order valence-corrected chi connectivity index (χ0v) is 11.9. The largest absolute Gasteiger partial charge is 0.330 e. The first-order chi connectivity index (χ1) is 9.61. The maximum atomic E-state index is 12.2. The Hall–Kier alpha value is -2.13. The minimum atomic E-state index is -0.0852. The van der Waals surface area contributed by atoms with Crippen molar-refractivity contribution >= 4 is 11.6 Å². The van der Waals surface area contributed by atoms with Gasteiger partial charge in [0, 0.05) is 11.3 Å². The molecule has 3 heteroatoms. The molecule has 0 heterocycles. The summed E-state index contributed by atoms with van der Waals surface area (Å²) in [6.45, 7) is 4.66. The molecule has 0 aromatic heterocycles. The van der Waals surface area contributed by atoms with Crippen molar-refractivity contribution in [2.24, 2.45) is 5.73 Å². The van der Waals surface area contributed by atoms with E-state index in [4.69, 9.17) is 5.73 Å². The standard InChI is InChI=1S/C17H20N2O/c1-12-4-3-5-16(13(12)2)19-17(20)15-8-6-14(7-9-15)10-11-18/h3-9H,10-11,18H2,1-2H3,(H,19,20). The Morgan fingerprint density at radius 3 is 2.45 bits per heavy atom. The molecular formula is C17H20N2O. The van der Waals surface area contributed by atoms with Crippen LogP contribution in [0.25, 0.3) is 0 Å². The molecular weight excluding hydrogens is 248 g/mol. The van der Waals surface area contributed by atoms with Gasteiger partial charge in [-0.05, 0) is 61.7 Å². The van der Waals surface area contributed by atoms with E-state index in [9.17, 15) is 4.79 Å². The summed E-state index contributed by atoms with van der Waals surface area (Å²) >= 11 is 0. The van der Waals surface area contributed by atoms with Gasteiger partial charge in [-0.25, -0.2) is 0 Å². The number of carbonyl (C=O) groups excluding carboxylic acids is 1. The smallest absolute Gasteiger partial charge is 0.255 e. The number of carbonyl (C=O) groups is 1. The van der Waals surface area contributed by atoms with Crippen molar-refractivity contribution in [1.29, 1.82) is 0 Å². The zero-order valence-electron chi connectivity index (χ0n) is 11.9. The van der Waals surface area contributed by atoms with Crippen molar-refractivity contribution in [3.05, 3.63) is 64.7 Å². The van der Waals surface area contributed by atoms with E-state index in [0.29, 0.717) is 12.1 Å². The Bertz CT molecular complexity index is 603. The molecule has 0 spiro atoms. The van der Waals surface area contributed by atoms with Gasteiger partial charge in [0.05, 0.1) is 0 Å². The van der Waals surface area contributed by atoms with Gasteiger partial charge in [-0.3, -0.25) is 4.79 Å². The van der Waals surface area contributed by atoms with Crippen molar-refractivity contribution in [2.75, 3.05) is 11.9 Å². The molecule has 104 valence electrons. The molecule has 0 aliphatic carbocycles. The van der Waals surface area contributed by atoms with Crippen molar-refractivity contribution in [1.82, 2.24) is 0 Å². The van der Waals surface area contributed by atoms with Crippen LogP contribution in [0.2, 0.25) is 0 Å². The third-order valence-corrected chi connectivity index (χ3v) is 3.50. The highest BCUT2D eigenvalue weighted by molar-refractivity contribution is 6.04. The summed E-state index contributed by atoms with van der Waals surface area (Å²) in [6, 6.07) is 13.5. The van der Waals surface area contributed by atoms with Gasteiger partial charge in [0.15, 0.2) is 0 Å². The average Bonchev–Trinajstić information content (AvgIpc) is 2.45. The molecule has 20 heavy (non-hydrogen) atoms. The van der Waals surface area contributed by atoms with Crippen LogP contribution in [0.1, 0.15) is 27.0 Å². The monoisotopic (exact) mass is 268 g/mol. The summed E-state index contributed by atoms with van der Waals surface area (Å²) in [7, 11) is 0. The van der Waals surface area contributed by atoms with Crippen LogP contribution in [0.4, 0.5) is 5.69 Å². The van der Waals surface area contributed by atoms with Crippen LogP contribution in [0.3, 0.4) is 0 Å². The van der Waals surface area contributed by atoms with Crippen LogP contribution in [-0.4, -0.2) is 12.5 Å². The molecule has 3 N–H and O–H groups in total. The summed E-state index contributed by atoms with van der Waals surface area (Å²) in [5.41, 5.74) is 10.4. The van der Waals surface area contributed by atoms with Gasteiger partial charge in [0.2, 0.25) is 0 Å². The third-order valence-electron chi connectivity index (χ3n) is 3.50. The molecule has 0 bridgehead atoms. The predicted octanol–water partition coefficient (Wildman–Crippen LogP) is 3.06. The van der Waals surface area contributed by atoms with Crippen molar-refractivity contribution < 1.29 is 4.79 Å². The second-order valence-electron chi connectivity index (χ2n) is 4.94. The lowest BCUT2D eigenvalue weighted by molar-refractivity contribution is 0.102. The SMILES string of the molecule is Cc1cccc(NC(=O)c2ccc(CCN)cc2)c1C. The number of aryl methyl sites for hydroxylation is 1. The summed E-state index contributed by atoms with van der Waals surface area (Å²) in [4.78, 5) is 12.2. The number of rotatable bonds is 4. The van der Waals surface area contributed by atoms with Crippen molar-refractivity contribution in [3.8, 4) is 0 Å². The Balaban J connectivity index is 2.13. The first kappa shape index (κ1) is 14.3. The predicted molar refractivity (Wildman–Crippen MR) is 83.1 cm³/mol. The van der Waals surface area contributed by atoms with Gasteiger partial charge < -0.3 is 11.1 Å². The molecule has 0 atom stereocenters. The quantitative estimate of drug-likeness (QED) is 0.895. The molecule has 1 amide bonds. The van der Waals surface area contributed by atoms with Gasteiger partial charge in [-0.2, -0.15) is 0 Å². The Morgan fingerprint density at radius 1 is 1.10 bits per heavy atom. The highest BCUT2D eigenvalue weighted by Gasteiger charge is 2.08. The van der Waals surface area contributed by atoms with Crippen LogP contribution >= 0.6 is 0 Å². The second kappa shape index (κ2) is 6.35. The van der Waals surface area contributed by atoms with E-state index >= 15 is 0 Å². The lowest BCUT2D eigenvalue weighted by Gasteiger charge is -2.10. The topological polar surface area (TPSA) is 55.1 Å². The van der Waals surface area contributed by atoms with Gasteiger partial charge in [0.25, 0.3) is 5.91 Å². The minimum Gasteiger partial charge on any atom is -0.330 e. The van der Waals surface area contributed by atoms with Crippen LogP contribution in [-0.2, 0) is 6.42 Å². The van der Waals surface area contributed by atoms with E-state index in [0.717, 1.165) is 23.2 Å². The summed E-state index contributed by atoms with van der Waals surface area (Å²) in [5.74, 6) is -0.0852. The lowest BCUT2D eigenvalue weighted by Crippen LogP contribution is -2.13. The number of benzene rings is 2. The molecule has 0 radical (unpaired) electrons. The van der Waals surface area contributed by atoms with E-state index < -0.39 is 0 Å². The van der Waals surface area contributed by atoms with Gasteiger partial charge in [-0.15, -0.1) is 0 Å². The number of hydrogen-bond acceptors (Lipinski definition) is 2. The molecule has 0 unspecified atom stereocenters. The summed E-state index contributed by atoms with van der Waals surface area (Å²) < 4.78 is 0. The van der Waals surface area contributed by atoms with E-state index in [-0.39, 0.29) is 5.91 Å². The Kier molecular flexibility index (Phi) is 4.53. The fourth-order valence-corrected chi connectivity index (χ4v) is 2.07. The zero-order chi connectivity index (χ0) is 14.5. The number of hydrogen-bond donors (Lipinski definition) is 2. The minimum absolute atomic E-state index is 0.0852. The van der Waals surface area contributed by atoms with Gasteiger partial charge >= 0.3 is 0 Å². The molecule has 0 aliphatic heterocycles. The molecule has 3 nitrogen and oxygen atoms in total. The second-order valence-corrected chi connectivity index (χ2v) is 4.94. The fraction of sp³-hybridized carbons (Fsp3) is 0.235. The molecule has 2 aromatic carbocycles. The Labute approximate surface area is 119 Å². The molecule has 2 rings (SSSR count). The molecule has 0 saturated heterocycles. The fourth-order valence-electron chi connectivity index (χ4n) is 2.07. The number of anilines is 1. The van der Waals surface area contributed by atoms with E-state index in [1.807, 2.05) is 56.3 Å². The highest BCUT2D eigenvalue weighted by atomic mass is 16.1. The van der Waals surface area contributed by atoms with E-state index in [1.165, 1.54) is 5.56 Å². The van der Waals surface area contributed by atoms with Crippen LogP contribution < -0.4 is 11.1 Å². The summed E-state index contributed by atoms with van der Waals surface area (Å²) in [6.07, 6.45) is 0.832. The maximum Gasteiger partial charge on any atom is 0.255 e. The lowest BCUT2D eigenvalue weighted by atomic mass is 10.1. The van der Waals surface area contributed by atoms with Crippen LogP contribution in [0.5, 0.6) is 0 Å². The Morgan fingerprint density at radius 2 is 1.80 bits per heavy atom. The van der Waals surface area contributed by atoms with Crippen LogP contribution in [0, 0.1) is 13.8 Å². The van der Waals surface area contributed by atoms with E-state index in [1.54, 1.807) is 0 Å². The van der Waals surface area contributed by atoms with Crippen molar-refractivity contribution in [2.45, 2.75) is 20.3 Å². The van der Waals surface area contributed by atoms with Gasteiger partial charge in [0.1, 0.15) is 0 Å². The number of nitrogens with two attached hydrogens (primary N) is 1. The third kappa shape index (κ3) is 3.25. The normalized spacial score (nSPS) is 10.3. The average molecular weight is 268 g/mol. The number of amides is 1.